The van der Waals surface area contributed by atoms with E-state index in [4.69, 9.17) is 47.0 Å². The summed E-state index contributed by atoms with van der Waals surface area (Å²) in [6, 6.07) is -0.652. The molecule has 0 aliphatic carbocycles. The summed E-state index contributed by atoms with van der Waals surface area (Å²) in [5.41, 5.74) is 2.31. The Hall–Kier alpha value is -2.19. The van der Waals surface area contributed by atoms with E-state index in [1.54, 1.807) is 6.92 Å². The predicted octanol–water partition coefficient (Wildman–Crippen LogP) is 4.17. The number of quaternary nitrogens is 1. The molecule has 1 unspecified atom stereocenters. The summed E-state index contributed by atoms with van der Waals surface area (Å²) in [6.07, 6.45) is -0.138. The number of esters is 3. The first kappa shape index (κ1) is 47.8. The molecule has 6 saturated heterocycles. The van der Waals surface area contributed by atoms with Gasteiger partial charge in [-0.3, -0.25) is 0 Å². The summed E-state index contributed by atoms with van der Waals surface area (Å²) in [4.78, 5) is 43.0. The summed E-state index contributed by atoms with van der Waals surface area (Å²) >= 11 is 0. The Morgan fingerprint density at radius 1 is 0.790 bits per heavy atom. The van der Waals surface area contributed by atoms with Gasteiger partial charge in [-0.25, -0.2) is 14.4 Å². The van der Waals surface area contributed by atoms with Crippen LogP contribution in [0.2, 0.25) is 0 Å². The zero-order valence-corrected chi connectivity index (χ0v) is 38.6. The van der Waals surface area contributed by atoms with E-state index >= 15 is 4.79 Å². The number of cyclic esters (lactones) is 1. The maximum absolute atomic E-state index is 15.0. The van der Waals surface area contributed by atoms with Gasteiger partial charge < -0.3 is 63.0 Å². The number of fused-ring (bicyclic) bond motifs is 6. The Bertz CT molecular complexity index is 1680. The molecule has 0 saturated carbocycles. The van der Waals surface area contributed by atoms with Crippen molar-refractivity contribution in [1.82, 2.24) is 0 Å². The highest BCUT2D eigenvalue weighted by molar-refractivity contribution is 6.56. The highest BCUT2D eigenvalue weighted by atomic mass is 17.0. The molecule has 7 aliphatic rings. The zero-order chi connectivity index (χ0) is 45.2. The number of carbonyl (C=O) groups is 3. The third-order valence-electron chi connectivity index (χ3n) is 15.6. The third kappa shape index (κ3) is 8.78. The van der Waals surface area contributed by atoms with Gasteiger partial charge in [0, 0.05) is 41.4 Å². The summed E-state index contributed by atoms with van der Waals surface area (Å²) in [7, 11) is 0. The van der Waals surface area contributed by atoms with E-state index in [1.807, 2.05) is 74.5 Å². The molecular formula is C45H74BNO15. The molecule has 0 radical (unpaired) electrons. The second kappa shape index (κ2) is 17.9. The summed E-state index contributed by atoms with van der Waals surface area (Å²) in [5, 5.41) is 23.6. The lowest BCUT2D eigenvalue weighted by molar-refractivity contribution is -0.419. The van der Waals surface area contributed by atoms with Crippen LogP contribution in [-0.2, 0) is 61.4 Å². The van der Waals surface area contributed by atoms with Crippen molar-refractivity contribution < 1.29 is 77.4 Å². The Kier molecular flexibility index (Phi) is 13.8. The molecular weight excluding hydrogens is 805 g/mol. The molecule has 62 heavy (non-hydrogen) atoms. The SMILES string of the molecule is CC(C)[C@@H]([NH3+])C(=O)O[C@H](C)[C@@H]1CC=CCC[C@H](O)C(C)(C)[C@@H]2CC[C@@H](C)[C@]3(O2)O[B-]24O[C@@H](C(=O)O1)[C@@]1(O[C@@H](CC[C@H]1C)C(C)(C)[C@H](O)CCC[C@@H]1C[C@H](OC(=O)[C@@H]3O2)[C@@H](C)O1)O4. The first-order valence-corrected chi connectivity index (χ1v) is 23.4. The topological polar surface area (TPSA) is 212 Å². The monoisotopic (exact) mass is 880 g/mol. The fourth-order valence-corrected chi connectivity index (χ4v) is 10.6. The number of aliphatic hydroxyl groups excluding tert-OH is 2. The fourth-order valence-electron chi connectivity index (χ4n) is 10.6. The van der Waals surface area contributed by atoms with E-state index < -0.39 is 126 Å². The second-order valence-corrected chi connectivity index (χ2v) is 21.0. The fraction of sp³-hybridized carbons (Fsp3) is 0.889. The maximum Gasteiger partial charge on any atom is 0.536 e. The first-order valence-electron chi connectivity index (χ1n) is 23.4. The zero-order valence-electron chi connectivity index (χ0n) is 38.6. The quantitative estimate of drug-likeness (QED) is 0.157. The van der Waals surface area contributed by atoms with Gasteiger partial charge in [-0.05, 0) is 71.6 Å². The van der Waals surface area contributed by atoms with Gasteiger partial charge in [-0.15, -0.1) is 0 Å². The lowest BCUT2D eigenvalue weighted by Gasteiger charge is -2.52. The van der Waals surface area contributed by atoms with Crippen LogP contribution >= 0.6 is 0 Å². The number of rotatable bonds is 4. The number of aliphatic hydroxyl groups is 2. The van der Waals surface area contributed by atoms with Crippen molar-refractivity contribution in [3.8, 4) is 0 Å². The van der Waals surface area contributed by atoms with Gasteiger partial charge >= 0.3 is 24.9 Å². The van der Waals surface area contributed by atoms with Crippen LogP contribution in [0.15, 0.2) is 12.2 Å². The van der Waals surface area contributed by atoms with E-state index in [0.717, 1.165) is 0 Å². The van der Waals surface area contributed by atoms with Crippen molar-refractivity contribution in [3.63, 3.8) is 0 Å². The van der Waals surface area contributed by atoms with Crippen molar-refractivity contribution in [2.75, 3.05) is 0 Å². The van der Waals surface area contributed by atoms with Crippen molar-refractivity contribution in [2.24, 2.45) is 28.6 Å². The van der Waals surface area contributed by atoms with Crippen molar-refractivity contribution in [2.45, 2.75) is 225 Å². The number of ether oxygens (including phenoxy) is 6. The molecule has 7 heterocycles. The van der Waals surface area contributed by atoms with Crippen LogP contribution in [0.4, 0.5) is 0 Å². The van der Waals surface area contributed by atoms with E-state index in [9.17, 15) is 19.8 Å². The molecule has 16 nitrogen and oxygen atoms in total. The minimum Gasteiger partial charge on any atom is -0.504 e. The molecule has 17 heteroatoms. The second-order valence-electron chi connectivity index (χ2n) is 21.0. The smallest absolute Gasteiger partial charge is 0.504 e. The molecule has 0 aromatic carbocycles. The number of allylic oxidation sites excluding steroid dienone is 1. The molecule has 0 aromatic rings. The largest absolute Gasteiger partial charge is 0.536 e. The normalized spacial score (nSPS) is 45.8. The number of carbonyl (C=O) groups excluding carboxylic acids is 3. The van der Waals surface area contributed by atoms with Crippen molar-refractivity contribution in [3.05, 3.63) is 12.2 Å². The van der Waals surface area contributed by atoms with Crippen LogP contribution in [0, 0.1) is 28.6 Å². The lowest BCUT2D eigenvalue weighted by atomic mass is 9.73. The molecule has 7 rings (SSSR count). The van der Waals surface area contributed by atoms with Crippen LogP contribution in [0.25, 0.3) is 0 Å². The maximum atomic E-state index is 15.0. The van der Waals surface area contributed by atoms with E-state index in [2.05, 4.69) is 5.73 Å². The van der Waals surface area contributed by atoms with E-state index in [1.165, 1.54) is 0 Å². The molecule has 9 bridgehead atoms. The predicted molar refractivity (Wildman–Crippen MR) is 222 cm³/mol. The molecule has 0 amide bonds. The Morgan fingerprint density at radius 3 is 1.90 bits per heavy atom. The van der Waals surface area contributed by atoms with Crippen LogP contribution in [0.1, 0.15) is 140 Å². The number of hydrogen-bond donors (Lipinski definition) is 3. The van der Waals surface area contributed by atoms with E-state index in [-0.39, 0.29) is 18.4 Å². The standard InChI is InChI=1S/C45H73BNO15/c1-24(2)36(47)39(50)54-27(5)30-16-12-11-13-17-32(48)42(7,8)34-21-19-26(4)45(57-34)38-41(52)56-31-23-29(53-28(31)6)15-14-18-33(49)43(9,10)35-22-20-25(3)44(58-35)37(40(51)55-30)59-46(60-38,61-44)62-45/h11-12,24-38,48-49H,13-23,47H2,1-10H3/q-1/p+1/t25-,26-,27-,28-,29-,30+,31+,32+,33-,34+,35+,36-,37+,38+,44+,45+,46?/m1/s1. The Balaban J connectivity index is 1.36. The Morgan fingerprint density at radius 2 is 1.34 bits per heavy atom. The molecule has 6 fully saturated rings. The molecule has 3 spiro atoms. The van der Waals surface area contributed by atoms with Gasteiger partial charge in [0.1, 0.15) is 18.3 Å². The lowest BCUT2D eigenvalue weighted by Crippen LogP contribution is -2.68. The van der Waals surface area contributed by atoms with Crippen LogP contribution in [0.5, 0.6) is 0 Å². The van der Waals surface area contributed by atoms with Gasteiger partial charge in [0.15, 0.2) is 29.8 Å². The minimum atomic E-state index is -3.52. The summed E-state index contributed by atoms with van der Waals surface area (Å²) in [5.74, 6) is -7.04. The van der Waals surface area contributed by atoms with Gasteiger partial charge in [-0.1, -0.05) is 67.5 Å². The van der Waals surface area contributed by atoms with Crippen molar-refractivity contribution in [1.29, 1.82) is 0 Å². The van der Waals surface area contributed by atoms with Gasteiger partial charge in [0.2, 0.25) is 0 Å². The highest BCUT2D eigenvalue weighted by Gasteiger charge is 2.73. The molecule has 5 N–H and O–H groups in total. The highest BCUT2D eigenvalue weighted by Crippen LogP contribution is 2.57. The molecule has 17 atom stereocenters. The summed E-state index contributed by atoms with van der Waals surface area (Å²) in [6.45, 7) is 15.3. The summed E-state index contributed by atoms with van der Waals surface area (Å²) < 4.78 is 66.1. The van der Waals surface area contributed by atoms with Gasteiger partial charge in [-0.2, -0.15) is 0 Å². The van der Waals surface area contributed by atoms with Gasteiger partial charge in [0.25, 0.3) is 0 Å². The average Bonchev–Trinajstić information content (AvgIpc) is 3.84. The van der Waals surface area contributed by atoms with Gasteiger partial charge in [0.05, 0.1) is 36.6 Å². The molecule has 0 aromatic heterocycles. The van der Waals surface area contributed by atoms with Crippen LogP contribution in [0.3, 0.4) is 0 Å². The third-order valence-corrected chi connectivity index (χ3v) is 15.6. The Labute approximate surface area is 366 Å². The number of hydrogen-bond acceptors (Lipinski definition) is 15. The minimum absolute atomic E-state index is 0.0893. The molecule has 352 valence electrons. The van der Waals surface area contributed by atoms with Crippen molar-refractivity contribution >= 4 is 24.9 Å². The first-order chi connectivity index (χ1) is 29.0. The average molecular weight is 880 g/mol. The van der Waals surface area contributed by atoms with E-state index in [0.29, 0.717) is 64.2 Å². The molecule has 7 aliphatic heterocycles. The van der Waals surface area contributed by atoms with Crippen LogP contribution < -0.4 is 5.73 Å². The van der Waals surface area contributed by atoms with Crippen LogP contribution in [-0.4, -0.2) is 120 Å².